The third-order valence-corrected chi connectivity index (χ3v) is 4.53. The molecule has 4 amide bonds. The van der Waals surface area contributed by atoms with Crippen molar-refractivity contribution < 1.29 is 37.4 Å². The lowest BCUT2D eigenvalue weighted by molar-refractivity contribution is -0.137. The summed E-state index contributed by atoms with van der Waals surface area (Å²) >= 11 is 5.94. The Bertz CT molecular complexity index is 1110. The SMILES string of the molecule is CCOc1cc(/C=C2\C(=O)NC(=O)N(c3cc(C(F)(F)F)ccc3Cl)C2=O)ccc1O. The van der Waals surface area contributed by atoms with Crippen molar-refractivity contribution in [2.75, 3.05) is 11.5 Å². The molecule has 1 fully saturated rings. The zero-order chi connectivity index (χ0) is 22.9. The summed E-state index contributed by atoms with van der Waals surface area (Å²) in [4.78, 5) is 37.8. The molecule has 0 unspecified atom stereocenters. The summed E-state index contributed by atoms with van der Waals surface area (Å²) in [6.07, 6.45) is -3.63. The highest BCUT2D eigenvalue weighted by molar-refractivity contribution is 6.42. The minimum absolute atomic E-state index is 0.0920. The number of imide groups is 2. The molecule has 1 saturated heterocycles. The Morgan fingerprint density at radius 1 is 1.16 bits per heavy atom. The number of aromatic hydroxyl groups is 1. The first-order valence-corrected chi connectivity index (χ1v) is 9.14. The van der Waals surface area contributed by atoms with Crippen LogP contribution in [0.15, 0.2) is 42.0 Å². The maximum Gasteiger partial charge on any atom is 0.416 e. The summed E-state index contributed by atoms with van der Waals surface area (Å²) < 4.78 is 44.5. The molecular weight excluding hydrogens is 441 g/mol. The van der Waals surface area contributed by atoms with E-state index in [-0.39, 0.29) is 28.7 Å². The van der Waals surface area contributed by atoms with Crippen LogP contribution in [0.2, 0.25) is 5.02 Å². The van der Waals surface area contributed by atoms with E-state index in [9.17, 15) is 32.7 Å². The molecule has 1 aliphatic rings. The van der Waals surface area contributed by atoms with Crippen LogP contribution in [0.5, 0.6) is 11.5 Å². The number of carbonyl (C=O) groups is 3. The van der Waals surface area contributed by atoms with Gasteiger partial charge in [-0.1, -0.05) is 17.7 Å². The number of urea groups is 1. The van der Waals surface area contributed by atoms with Gasteiger partial charge in [-0.3, -0.25) is 14.9 Å². The number of nitrogens with one attached hydrogen (secondary N) is 1. The van der Waals surface area contributed by atoms with Crippen LogP contribution >= 0.6 is 11.6 Å². The second-order valence-corrected chi connectivity index (χ2v) is 6.69. The van der Waals surface area contributed by atoms with Crippen molar-refractivity contribution in [3.8, 4) is 11.5 Å². The zero-order valence-electron chi connectivity index (χ0n) is 15.8. The van der Waals surface area contributed by atoms with E-state index in [1.54, 1.807) is 6.92 Å². The van der Waals surface area contributed by atoms with Crippen molar-refractivity contribution in [1.82, 2.24) is 5.32 Å². The number of halogens is 4. The van der Waals surface area contributed by atoms with E-state index in [4.69, 9.17) is 16.3 Å². The molecule has 2 N–H and O–H groups in total. The van der Waals surface area contributed by atoms with Crippen molar-refractivity contribution >= 4 is 41.2 Å². The van der Waals surface area contributed by atoms with Gasteiger partial charge >= 0.3 is 12.2 Å². The summed E-state index contributed by atoms with van der Waals surface area (Å²) in [5.41, 5.74) is -1.92. The Balaban J connectivity index is 2.06. The second kappa shape index (κ2) is 8.31. The Morgan fingerprint density at radius 3 is 2.52 bits per heavy atom. The van der Waals surface area contributed by atoms with Gasteiger partial charge in [-0.2, -0.15) is 13.2 Å². The van der Waals surface area contributed by atoms with Gasteiger partial charge in [-0.15, -0.1) is 0 Å². The van der Waals surface area contributed by atoms with Gasteiger partial charge < -0.3 is 9.84 Å². The van der Waals surface area contributed by atoms with E-state index in [1.165, 1.54) is 18.2 Å². The van der Waals surface area contributed by atoms with Crippen LogP contribution in [0.1, 0.15) is 18.1 Å². The molecule has 3 rings (SSSR count). The third-order valence-electron chi connectivity index (χ3n) is 4.21. The number of anilines is 1. The smallest absolute Gasteiger partial charge is 0.416 e. The third kappa shape index (κ3) is 4.48. The molecule has 0 aromatic heterocycles. The molecule has 1 heterocycles. The second-order valence-electron chi connectivity index (χ2n) is 6.28. The molecule has 0 saturated carbocycles. The average molecular weight is 455 g/mol. The highest BCUT2D eigenvalue weighted by Gasteiger charge is 2.39. The van der Waals surface area contributed by atoms with Gasteiger partial charge in [0.2, 0.25) is 0 Å². The summed E-state index contributed by atoms with van der Waals surface area (Å²) in [7, 11) is 0. The maximum absolute atomic E-state index is 13.1. The van der Waals surface area contributed by atoms with Crippen LogP contribution in [-0.2, 0) is 15.8 Å². The number of amides is 4. The van der Waals surface area contributed by atoms with E-state index in [0.29, 0.717) is 17.0 Å². The number of alkyl halides is 3. The van der Waals surface area contributed by atoms with Gasteiger partial charge in [0, 0.05) is 0 Å². The van der Waals surface area contributed by atoms with E-state index in [2.05, 4.69) is 0 Å². The Morgan fingerprint density at radius 2 is 1.87 bits per heavy atom. The number of hydrogen-bond donors (Lipinski definition) is 2. The molecule has 7 nitrogen and oxygen atoms in total. The van der Waals surface area contributed by atoms with Gasteiger partial charge in [-0.05, 0) is 48.9 Å². The molecule has 2 aromatic rings. The van der Waals surface area contributed by atoms with Crippen LogP contribution in [0.4, 0.5) is 23.7 Å². The fourth-order valence-corrected chi connectivity index (χ4v) is 3.00. The Labute approximate surface area is 178 Å². The lowest BCUT2D eigenvalue weighted by Crippen LogP contribution is -2.54. The van der Waals surface area contributed by atoms with Crippen LogP contribution in [0.3, 0.4) is 0 Å². The maximum atomic E-state index is 13.1. The lowest BCUT2D eigenvalue weighted by Gasteiger charge is -2.27. The summed E-state index contributed by atoms with van der Waals surface area (Å²) in [5, 5.41) is 11.4. The first-order chi connectivity index (χ1) is 14.5. The number of phenolic OH excluding ortho intramolecular Hbond substituents is 1. The highest BCUT2D eigenvalue weighted by atomic mass is 35.5. The molecule has 31 heavy (non-hydrogen) atoms. The zero-order valence-corrected chi connectivity index (χ0v) is 16.5. The first-order valence-electron chi connectivity index (χ1n) is 8.77. The first kappa shape index (κ1) is 22.2. The standard InChI is InChI=1S/C20H14ClF3N2O5/c1-2-31-16-8-10(3-6-15(16)27)7-12-17(28)25-19(30)26(18(12)29)14-9-11(20(22,23)24)4-5-13(14)21/h3-9,27H,2H2,1H3,(H,25,28,30)/b12-7+. The average Bonchev–Trinajstić information content (AvgIpc) is 2.68. The molecule has 0 radical (unpaired) electrons. The van der Waals surface area contributed by atoms with Crippen molar-refractivity contribution in [1.29, 1.82) is 0 Å². The van der Waals surface area contributed by atoms with Crippen LogP contribution < -0.4 is 15.0 Å². The van der Waals surface area contributed by atoms with Crippen molar-refractivity contribution in [3.05, 3.63) is 58.1 Å². The van der Waals surface area contributed by atoms with Gasteiger partial charge in [0.15, 0.2) is 11.5 Å². The van der Waals surface area contributed by atoms with E-state index < -0.39 is 40.8 Å². The number of hydrogen-bond acceptors (Lipinski definition) is 5. The van der Waals surface area contributed by atoms with Crippen molar-refractivity contribution in [3.63, 3.8) is 0 Å². The fourth-order valence-electron chi connectivity index (χ4n) is 2.79. The van der Waals surface area contributed by atoms with Crippen LogP contribution in [0, 0.1) is 0 Å². The normalized spacial score (nSPS) is 16.0. The predicted molar refractivity (Wildman–Crippen MR) is 105 cm³/mol. The summed E-state index contributed by atoms with van der Waals surface area (Å²) in [6.45, 7) is 1.92. The summed E-state index contributed by atoms with van der Waals surface area (Å²) in [5.74, 6) is -2.29. The van der Waals surface area contributed by atoms with Gasteiger partial charge in [-0.25, -0.2) is 9.69 Å². The van der Waals surface area contributed by atoms with Crippen LogP contribution in [-0.4, -0.2) is 29.6 Å². The van der Waals surface area contributed by atoms with Crippen LogP contribution in [0.25, 0.3) is 6.08 Å². The largest absolute Gasteiger partial charge is 0.504 e. The van der Waals surface area contributed by atoms with Crippen molar-refractivity contribution in [2.45, 2.75) is 13.1 Å². The van der Waals surface area contributed by atoms with E-state index in [0.717, 1.165) is 12.1 Å². The molecule has 0 bridgehead atoms. The van der Waals surface area contributed by atoms with E-state index >= 15 is 0 Å². The number of ether oxygens (including phenoxy) is 1. The van der Waals surface area contributed by atoms with E-state index in [1.807, 2.05) is 5.32 Å². The lowest BCUT2D eigenvalue weighted by atomic mass is 10.1. The number of carbonyl (C=O) groups excluding carboxylic acids is 3. The molecule has 0 aliphatic carbocycles. The minimum Gasteiger partial charge on any atom is -0.504 e. The Kier molecular flexibility index (Phi) is 5.94. The highest BCUT2D eigenvalue weighted by Crippen LogP contribution is 2.37. The number of barbiturate groups is 1. The van der Waals surface area contributed by atoms with Gasteiger partial charge in [0.1, 0.15) is 5.57 Å². The van der Waals surface area contributed by atoms with Crippen molar-refractivity contribution in [2.24, 2.45) is 0 Å². The molecule has 162 valence electrons. The number of benzene rings is 2. The number of rotatable bonds is 4. The van der Waals surface area contributed by atoms with Gasteiger partial charge in [0.25, 0.3) is 11.8 Å². The molecule has 11 heteroatoms. The molecule has 1 aliphatic heterocycles. The van der Waals surface area contributed by atoms with Gasteiger partial charge in [0.05, 0.1) is 22.9 Å². The summed E-state index contributed by atoms with van der Waals surface area (Å²) in [6, 6.07) is 4.90. The molecule has 2 aromatic carbocycles. The molecule has 0 spiro atoms. The minimum atomic E-state index is -4.75. The Hall–Kier alpha value is -3.53. The fraction of sp³-hybridized carbons (Fsp3) is 0.150. The topological polar surface area (TPSA) is 95.9 Å². The number of nitrogens with zero attached hydrogens (tertiary/aromatic N) is 1. The molecule has 0 atom stereocenters. The number of phenols is 1. The predicted octanol–water partition coefficient (Wildman–Crippen LogP) is 4.13. The molecular formula is C20H14ClF3N2O5. The quantitative estimate of drug-likeness (QED) is 0.535. The monoisotopic (exact) mass is 454 g/mol.